The fourth-order valence-corrected chi connectivity index (χ4v) is 6.15. The van der Waals surface area contributed by atoms with Crippen molar-refractivity contribution in [1.82, 2.24) is 5.32 Å². The van der Waals surface area contributed by atoms with E-state index in [1.165, 1.54) is 0 Å². The summed E-state index contributed by atoms with van der Waals surface area (Å²) in [5, 5.41) is 1.83. The highest BCUT2D eigenvalue weighted by Gasteiger charge is 2.50. The van der Waals surface area contributed by atoms with Crippen LogP contribution in [0.25, 0.3) is 0 Å². The zero-order valence-electron chi connectivity index (χ0n) is 20.8. The molecule has 1 aromatic carbocycles. The van der Waals surface area contributed by atoms with Crippen molar-refractivity contribution in [3.63, 3.8) is 0 Å². The Balaban J connectivity index is 1.94. The number of rotatable bonds is 10. The average Bonchev–Trinajstić information content (AvgIpc) is 3.39. The third-order valence-corrected chi connectivity index (χ3v) is 7.99. The van der Waals surface area contributed by atoms with Crippen LogP contribution in [0, 0.1) is 5.92 Å². The van der Waals surface area contributed by atoms with E-state index < -0.39 is 44.7 Å². The molecule has 10 heteroatoms. The molecule has 0 spiro atoms. The number of nitrogens with one attached hydrogen (secondary N) is 1. The zero-order chi connectivity index (χ0) is 25.1. The van der Waals surface area contributed by atoms with Crippen molar-refractivity contribution >= 4 is 15.9 Å². The van der Waals surface area contributed by atoms with Gasteiger partial charge in [0.2, 0.25) is 0 Å². The minimum absolute atomic E-state index is 0.0110. The predicted molar refractivity (Wildman–Crippen MR) is 125 cm³/mol. The first kappa shape index (κ1) is 26.9. The number of hydrogen-bond acceptors (Lipinski definition) is 8. The Bertz CT molecular complexity index is 928. The normalized spacial score (nSPS) is 26.0. The number of hydrogen-bond donors (Lipinski definition) is 1. The Labute approximate surface area is 202 Å². The molecule has 34 heavy (non-hydrogen) atoms. The highest BCUT2D eigenvalue weighted by Crippen LogP contribution is 2.41. The minimum Gasteiger partial charge on any atom is -0.444 e. The molecule has 2 aliphatic rings. The number of amides is 1. The first-order valence-electron chi connectivity index (χ1n) is 11.5. The Hall–Kier alpha value is -1.72. The van der Waals surface area contributed by atoms with Crippen LogP contribution < -0.4 is 5.32 Å². The van der Waals surface area contributed by atoms with E-state index in [4.69, 9.17) is 23.7 Å². The van der Waals surface area contributed by atoms with Gasteiger partial charge in [0.15, 0.2) is 15.6 Å². The molecule has 2 unspecified atom stereocenters. The van der Waals surface area contributed by atoms with Gasteiger partial charge in [-0.3, -0.25) is 0 Å². The summed E-state index contributed by atoms with van der Waals surface area (Å²) in [6.07, 6.45) is -0.471. The number of carbonyl (C=O) groups is 1. The lowest BCUT2D eigenvalue weighted by Crippen LogP contribution is -2.55. The molecule has 1 saturated carbocycles. The monoisotopic (exact) mass is 499 g/mol. The second kappa shape index (κ2) is 10.5. The van der Waals surface area contributed by atoms with Crippen molar-refractivity contribution < 1.29 is 36.9 Å². The number of alkyl carbamates (subject to hydrolysis) is 1. The molecule has 2 fully saturated rings. The van der Waals surface area contributed by atoms with E-state index in [1.807, 2.05) is 0 Å². The molecule has 1 aliphatic heterocycles. The van der Waals surface area contributed by atoms with E-state index in [9.17, 15) is 13.2 Å². The summed E-state index contributed by atoms with van der Waals surface area (Å²) in [4.78, 5) is 13.0. The van der Waals surface area contributed by atoms with Crippen molar-refractivity contribution in [2.75, 3.05) is 20.5 Å². The van der Waals surface area contributed by atoms with Gasteiger partial charge in [-0.1, -0.05) is 18.2 Å². The Morgan fingerprint density at radius 2 is 1.91 bits per heavy atom. The average molecular weight is 500 g/mol. The maximum absolute atomic E-state index is 13.9. The van der Waals surface area contributed by atoms with Crippen LogP contribution in [-0.4, -0.2) is 69.9 Å². The summed E-state index contributed by atoms with van der Waals surface area (Å²) >= 11 is 0. The van der Waals surface area contributed by atoms with Crippen molar-refractivity contribution in [1.29, 1.82) is 0 Å². The summed E-state index contributed by atoms with van der Waals surface area (Å²) < 4.78 is 55.6. The van der Waals surface area contributed by atoms with Crippen molar-refractivity contribution in [3.05, 3.63) is 30.3 Å². The predicted octanol–water partition coefficient (Wildman–Crippen LogP) is 3.27. The lowest BCUT2D eigenvalue weighted by Gasteiger charge is -2.33. The van der Waals surface area contributed by atoms with Gasteiger partial charge < -0.3 is 29.0 Å². The second-order valence-electron chi connectivity index (χ2n) is 10.3. The van der Waals surface area contributed by atoms with Crippen molar-refractivity contribution in [2.24, 2.45) is 5.92 Å². The molecule has 1 aliphatic carbocycles. The summed E-state index contributed by atoms with van der Waals surface area (Å²) in [5.41, 5.74) is -0.746. The van der Waals surface area contributed by atoms with Crippen LogP contribution >= 0.6 is 0 Å². The van der Waals surface area contributed by atoms with E-state index in [0.29, 0.717) is 0 Å². The molecule has 1 N–H and O–H groups in total. The van der Waals surface area contributed by atoms with Crippen LogP contribution in [0.2, 0.25) is 0 Å². The third-order valence-electron chi connectivity index (χ3n) is 5.78. The van der Waals surface area contributed by atoms with Crippen LogP contribution in [0.5, 0.6) is 0 Å². The summed E-state index contributed by atoms with van der Waals surface area (Å²) in [7, 11) is -2.31. The SMILES string of the molecule is COCO[C@@H]1CC1CC([C@@H](NC(=O)OC(C)(C)C)[C@H]1COC(C)(C)O1)S(=O)(=O)c1ccccc1. The van der Waals surface area contributed by atoms with Gasteiger partial charge >= 0.3 is 6.09 Å². The summed E-state index contributed by atoms with van der Waals surface area (Å²) in [6, 6.07) is 7.35. The second-order valence-corrected chi connectivity index (χ2v) is 12.4. The highest BCUT2D eigenvalue weighted by molar-refractivity contribution is 7.92. The van der Waals surface area contributed by atoms with Crippen molar-refractivity contribution in [2.45, 2.75) is 87.2 Å². The van der Waals surface area contributed by atoms with Gasteiger partial charge in [-0.2, -0.15) is 0 Å². The van der Waals surface area contributed by atoms with Gasteiger partial charge in [0, 0.05) is 7.11 Å². The molecule has 1 heterocycles. The molecule has 3 rings (SSSR count). The number of carbonyl (C=O) groups excluding carboxylic acids is 1. The number of ether oxygens (including phenoxy) is 5. The minimum atomic E-state index is -3.86. The topological polar surface area (TPSA) is 109 Å². The van der Waals surface area contributed by atoms with Crippen LogP contribution in [-0.2, 0) is 33.5 Å². The van der Waals surface area contributed by atoms with E-state index in [0.717, 1.165) is 6.42 Å². The van der Waals surface area contributed by atoms with E-state index in [2.05, 4.69) is 5.32 Å². The van der Waals surface area contributed by atoms with Crippen LogP contribution in [0.4, 0.5) is 4.79 Å². The molecule has 0 bridgehead atoms. The van der Waals surface area contributed by atoms with Crippen molar-refractivity contribution in [3.8, 4) is 0 Å². The van der Waals surface area contributed by atoms with Gasteiger partial charge in [-0.15, -0.1) is 0 Å². The smallest absolute Gasteiger partial charge is 0.408 e. The Morgan fingerprint density at radius 1 is 1.24 bits per heavy atom. The largest absolute Gasteiger partial charge is 0.444 e. The molecule has 1 aromatic rings. The number of sulfone groups is 1. The van der Waals surface area contributed by atoms with Crippen LogP contribution in [0.15, 0.2) is 35.2 Å². The molecular formula is C24H37NO8S. The first-order valence-corrected chi connectivity index (χ1v) is 13.1. The zero-order valence-corrected chi connectivity index (χ0v) is 21.6. The molecule has 1 saturated heterocycles. The van der Waals surface area contributed by atoms with E-state index in [-0.39, 0.29) is 36.7 Å². The van der Waals surface area contributed by atoms with Gasteiger partial charge in [0.1, 0.15) is 18.5 Å². The van der Waals surface area contributed by atoms with E-state index >= 15 is 0 Å². The molecule has 1 amide bonds. The Morgan fingerprint density at radius 3 is 2.47 bits per heavy atom. The molecule has 5 atom stereocenters. The maximum Gasteiger partial charge on any atom is 0.408 e. The number of benzene rings is 1. The van der Waals surface area contributed by atoms with Crippen LogP contribution in [0.3, 0.4) is 0 Å². The van der Waals surface area contributed by atoms with E-state index in [1.54, 1.807) is 72.1 Å². The molecule has 9 nitrogen and oxygen atoms in total. The lowest BCUT2D eigenvalue weighted by atomic mass is 10.0. The quantitative estimate of drug-likeness (QED) is 0.489. The molecule has 0 aromatic heterocycles. The summed E-state index contributed by atoms with van der Waals surface area (Å²) in [6.45, 7) is 9.05. The molecule has 192 valence electrons. The molecular weight excluding hydrogens is 462 g/mol. The summed E-state index contributed by atoms with van der Waals surface area (Å²) in [5.74, 6) is -0.889. The van der Waals surface area contributed by atoms with Gasteiger partial charge in [-0.25, -0.2) is 13.2 Å². The van der Waals surface area contributed by atoms with Gasteiger partial charge in [0.25, 0.3) is 0 Å². The highest BCUT2D eigenvalue weighted by atomic mass is 32.2. The fourth-order valence-electron chi connectivity index (χ4n) is 4.14. The van der Waals surface area contributed by atoms with Gasteiger partial charge in [-0.05, 0) is 65.5 Å². The lowest BCUT2D eigenvalue weighted by molar-refractivity contribution is -0.141. The molecule has 0 radical (unpaired) electrons. The Kier molecular flexibility index (Phi) is 8.29. The fraction of sp³-hybridized carbons (Fsp3) is 0.708. The maximum atomic E-state index is 13.9. The third kappa shape index (κ3) is 7.14. The standard InChI is InChI=1S/C24H37NO8S/c1-23(2,3)33-22(26)25-21(19-14-31-24(4,5)32-19)20(13-16-12-18(16)30-15-29-6)34(27,28)17-10-8-7-9-11-17/h7-11,16,18-21H,12-15H2,1-6H3,(H,25,26)/t16?,18-,19-,20?,21+/m1/s1. The first-order chi connectivity index (χ1) is 15.8. The number of methoxy groups -OCH3 is 1. The van der Waals surface area contributed by atoms with Gasteiger partial charge in [0.05, 0.1) is 28.9 Å². The van der Waals surface area contributed by atoms with Crippen LogP contribution in [0.1, 0.15) is 47.5 Å².